The van der Waals surface area contributed by atoms with Crippen LogP contribution in [0.1, 0.15) is 48.7 Å². The van der Waals surface area contributed by atoms with Gasteiger partial charge in [0, 0.05) is 47.4 Å². The first-order valence-corrected chi connectivity index (χ1v) is 12.4. The number of halogens is 4. The van der Waals surface area contributed by atoms with Gasteiger partial charge in [-0.3, -0.25) is 14.2 Å². The topological polar surface area (TPSA) is 94.9 Å². The van der Waals surface area contributed by atoms with E-state index in [4.69, 9.17) is 0 Å². The Morgan fingerprint density at radius 2 is 1.75 bits per heavy atom. The molecule has 0 radical (unpaired) electrons. The van der Waals surface area contributed by atoms with E-state index >= 15 is 0 Å². The second-order valence-corrected chi connectivity index (χ2v) is 10.3. The Hall–Kier alpha value is -4.55. The van der Waals surface area contributed by atoms with Crippen LogP contribution in [0.2, 0.25) is 0 Å². The summed E-state index contributed by atoms with van der Waals surface area (Å²) in [6, 6.07) is 6.28. The number of hydrogen-bond acceptors (Lipinski definition) is 5. The van der Waals surface area contributed by atoms with Crippen LogP contribution in [0.4, 0.5) is 17.6 Å². The van der Waals surface area contributed by atoms with Gasteiger partial charge in [-0.15, -0.1) is 0 Å². The molecular formula is C27H26F4N8O. The van der Waals surface area contributed by atoms with E-state index in [-0.39, 0.29) is 23.2 Å². The van der Waals surface area contributed by atoms with Crippen molar-refractivity contribution in [2.75, 3.05) is 0 Å². The fourth-order valence-corrected chi connectivity index (χ4v) is 4.25. The highest BCUT2D eigenvalue weighted by atomic mass is 19.3. The Balaban J connectivity index is 1.40. The van der Waals surface area contributed by atoms with Gasteiger partial charge >= 0.3 is 0 Å². The molecule has 0 fully saturated rings. The van der Waals surface area contributed by atoms with Gasteiger partial charge in [0.2, 0.25) is 0 Å². The first-order chi connectivity index (χ1) is 19.0. The fraction of sp³-hybridized carbons (Fsp3) is 0.296. The maximum atomic E-state index is 14.1. The molecule has 4 aromatic heterocycles. The predicted molar refractivity (Wildman–Crippen MR) is 139 cm³/mol. The summed E-state index contributed by atoms with van der Waals surface area (Å²) in [4.78, 5) is 17.0. The van der Waals surface area contributed by atoms with E-state index in [0.29, 0.717) is 33.5 Å². The number of alkyl halides is 4. The molecule has 0 bridgehead atoms. The lowest BCUT2D eigenvalue weighted by molar-refractivity contribution is 0.0949. The summed E-state index contributed by atoms with van der Waals surface area (Å²) >= 11 is 0. The molecule has 40 heavy (non-hydrogen) atoms. The maximum Gasteiger partial charge on any atom is 0.264 e. The number of aromatic nitrogens is 7. The zero-order chi connectivity index (χ0) is 28.6. The largest absolute Gasteiger partial charge is 0.348 e. The summed E-state index contributed by atoms with van der Waals surface area (Å²) in [5.74, 6) is -0.421. The fourth-order valence-electron chi connectivity index (χ4n) is 4.25. The number of nitrogens with one attached hydrogen (secondary N) is 1. The first kappa shape index (κ1) is 27.0. The monoisotopic (exact) mass is 554 g/mol. The van der Waals surface area contributed by atoms with Crippen LogP contribution in [0.5, 0.6) is 0 Å². The molecule has 5 aromatic rings. The smallest absolute Gasteiger partial charge is 0.264 e. The summed E-state index contributed by atoms with van der Waals surface area (Å²) < 4.78 is 58.0. The van der Waals surface area contributed by atoms with E-state index in [9.17, 15) is 22.4 Å². The van der Waals surface area contributed by atoms with Gasteiger partial charge in [0.05, 0.1) is 34.7 Å². The Kier molecular flexibility index (Phi) is 7.13. The van der Waals surface area contributed by atoms with E-state index in [0.717, 1.165) is 4.68 Å². The first-order valence-electron chi connectivity index (χ1n) is 12.4. The summed E-state index contributed by atoms with van der Waals surface area (Å²) in [5.41, 5.74) is 2.70. The van der Waals surface area contributed by atoms with Crippen LogP contribution in [-0.2, 0) is 18.6 Å². The van der Waals surface area contributed by atoms with Crippen molar-refractivity contribution in [3.8, 4) is 22.4 Å². The van der Waals surface area contributed by atoms with E-state index in [1.165, 1.54) is 41.6 Å². The van der Waals surface area contributed by atoms with Crippen LogP contribution in [0.3, 0.4) is 0 Å². The number of nitrogens with zero attached hydrogens (tertiary/aromatic N) is 7. The van der Waals surface area contributed by atoms with Crippen LogP contribution < -0.4 is 5.32 Å². The van der Waals surface area contributed by atoms with Crippen molar-refractivity contribution in [3.05, 3.63) is 78.3 Å². The molecule has 0 spiro atoms. The second-order valence-electron chi connectivity index (χ2n) is 10.3. The van der Waals surface area contributed by atoms with Crippen LogP contribution >= 0.6 is 0 Å². The highest BCUT2D eigenvalue weighted by Gasteiger charge is 2.20. The molecule has 0 saturated carbocycles. The Morgan fingerprint density at radius 1 is 0.950 bits per heavy atom. The van der Waals surface area contributed by atoms with Gasteiger partial charge in [-0.2, -0.15) is 15.3 Å². The number of carbonyl (C=O) groups is 1. The lowest BCUT2D eigenvalue weighted by atomic mass is 10.0. The molecule has 1 N–H and O–H groups in total. The minimum Gasteiger partial charge on any atom is -0.348 e. The standard InChI is InChI=1S/C27H26F4N8O/c1-27(2,3)39-13-20(10-35-39)26(40)32-8-17-5-4-16(6-21(17)25(30)31)24-22-7-18(12-38(22)36-15-33-24)19-9-34-37(11-19)14-23(28)29/h4-7,9-13,15,23,25H,8,14H2,1-3H3,(H,32,40). The number of benzene rings is 1. The number of rotatable bonds is 8. The van der Waals surface area contributed by atoms with E-state index in [1.807, 2.05) is 20.8 Å². The van der Waals surface area contributed by atoms with Crippen molar-refractivity contribution >= 4 is 11.4 Å². The third-order valence-electron chi connectivity index (χ3n) is 6.32. The van der Waals surface area contributed by atoms with Crippen molar-refractivity contribution < 1.29 is 22.4 Å². The minimum atomic E-state index is -2.80. The number of amides is 1. The quantitative estimate of drug-likeness (QED) is 0.261. The summed E-state index contributed by atoms with van der Waals surface area (Å²) in [5, 5.41) is 15.0. The molecule has 4 heterocycles. The molecular weight excluding hydrogens is 528 g/mol. The minimum absolute atomic E-state index is 0.101. The summed E-state index contributed by atoms with van der Waals surface area (Å²) in [6.07, 6.45) is 3.68. The van der Waals surface area contributed by atoms with Crippen molar-refractivity contribution in [2.24, 2.45) is 0 Å². The van der Waals surface area contributed by atoms with E-state index in [2.05, 4.69) is 25.6 Å². The predicted octanol–water partition coefficient (Wildman–Crippen LogP) is 5.34. The van der Waals surface area contributed by atoms with Crippen LogP contribution in [-0.4, -0.2) is 46.5 Å². The molecule has 1 amide bonds. The molecule has 0 atom stereocenters. The third-order valence-corrected chi connectivity index (χ3v) is 6.32. The lowest BCUT2D eigenvalue weighted by Crippen LogP contribution is -2.24. The van der Waals surface area contributed by atoms with Crippen molar-refractivity contribution in [1.82, 2.24) is 39.5 Å². The van der Waals surface area contributed by atoms with Gasteiger partial charge in [-0.25, -0.2) is 27.1 Å². The third kappa shape index (κ3) is 5.58. The van der Waals surface area contributed by atoms with E-state index in [1.54, 1.807) is 29.2 Å². The molecule has 9 nitrogen and oxygen atoms in total. The average molecular weight is 555 g/mol. The van der Waals surface area contributed by atoms with Crippen molar-refractivity contribution in [1.29, 1.82) is 0 Å². The zero-order valence-corrected chi connectivity index (χ0v) is 21.9. The Morgan fingerprint density at radius 3 is 2.45 bits per heavy atom. The Bertz CT molecular complexity index is 1660. The molecule has 13 heteroatoms. The zero-order valence-electron chi connectivity index (χ0n) is 21.9. The summed E-state index contributed by atoms with van der Waals surface area (Å²) in [7, 11) is 0. The maximum absolute atomic E-state index is 14.1. The highest BCUT2D eigenvalue weighted by molar-refractivity contribution is 5.93. The molecule has 0 aliphatic heterocycles. The average Bonchev–Trinajstić information content (AvgIpc) is 3.65. The Labute approximate surface area is 226 Å². The van der Waals surface area contributed by atoms with Gasteiger partial charge in [0.25, 0.3) is 18.8 Å². The number of hydrogen-bond donors (Lipinski definition) is 1. The van der Waals surface area contributed by atoms with E-state index < -0.39 is 25.3 Å². The normalized spacial score (nSPS) is 12.1. The molecule has 0 unspecified atom stereocenters. The van der Waals surface area contributed by atoms with Crippen LogP contribution in [0.25, 0.3) is 27.9 Å². The SMILES string of the molecule is CC(C)(C)n1cc(C(=O)NCc2ccc(-c3ncnn4cc(-c5cnn(CC(F)F)c5)cc34)cc2C(F)F)cn1. The number of fused-ring (bicyclic) bond motifs is 1. The number of carbonyl (C=O) groups excluding carboxylic acids is 1. The molecule has 0 aliphatic rings. The summed E-state index contributed by atoms with van der Waals surface area (Å²) in [6.45, 7) is 5.22. The second kappa shape index (κ2) is 10.5. The van der Waals surface area contributed by atoms with Gasteiger partial charge < -0.3 is 5.32 Å². The van der Waals surface area contributed by atoms with Crippen LogP contribution in [0.15, 0.2) is 61.6 Å². The van der Waals surface area contributed by atoms with Gasteiger partial charge in [0.15, 0.2) is 0 Å². The van der Waals surface area contributed by atoms with Gasteiger partial charge in [0.1, 0.15) is 12.9 Å². The van der Waals surface area contributed by atoms with Crippen molar-refractivity contribution in [2.45, 2.75) is 52.3 Å². The van der Waals surface area contributed by atoms with Crippen LogP contribution in [0, 0.1) is 0 Å². The molecule has 5 rings (SSSR count). The highest BCUT2D eigenvalue weighted by Crippen LogP contribution is 2.32. The lowest BCUT2D eigenvalue weighted by Gasteiger charge is -2.18. The molecule has 1 aromatic carbocycles. The van der Waals surface area contributed by atoms with Gasteiger partial charge in [-0.05, 0) is 38.5 Å². The van der Waals surface area contributed by atoms with Gasteiger partial charge in [-0.1, -0.05) is 12.1 Å². The molecule has 0 aliphatic carbocycles. The molecule has 0 saturated heterocycles. The molecule has 208 valence electrons. The van der Waals surface area contributed by atoms with Crippen molar-refractivity contribution in [3.63, 3.8) is 0 Å².